The molecule has 0 unspecified atom stereocenters. The van der Waals surface area contributed by atoms with Crippen molar-refractivity contribution in [3.63, 3.8) is 0 Å². The highest BCUT2D eigenvalue weighted by Gasteiger charge is 2.19. The Balaban J connectivity index is 2.10. The van der Waals surface area contributed by atoms with E-state index < -0.39 is 0 Å². The zero-order valence-corrected chi connectivity index (χ0v) is 12.6. The molecule has 4 heteroatoms. The van der Waals surface area contributed by atoms with Gasteiger partial charge in [-0.3, -0.25) is 0 Å². The molecule has 0 spiro atoms. The van der Waals surface area contributed by atoms with Crippen molar-refractivity contribution >= 4 is 5.82 Å². The van der Waals surface area contributed by atoms with Gasteiger partial charge < -0.3 is 10.1 Å². The molecule has 0 atom stereocenters. The zero-order chi connectivity index (χ0) is 14.7. The van der Waals surface area contributed by atoms with Crippen molar-refractivity contribution in [2.75, 3.05) is 19.0 Å². The molecule has 0 fully saturated rings. The van der Waals surface area contributed by atoms with Crippen LogP contribution in [0.5, 0.6) is 5.75 Å². The normalized spacial score (nSPS) is 13.6. The van der Waals surface area contributed by atoms with E-state index in [0.29, 0.717) is 6.61 Å². The van der Waals surface area contributed by atoms with Crippen molar-refractivity contribution < 1.29 is 4.74 Å². The Morgan fingerprint density at radius 1 is 1.14 bits per heavy atom. The molecule has 0 amide bonds. The maximum atomic E-state index is 5.71. The van der Waals surface area contributed by atoms with Crippen molar-refractivity contribution in [1.29, 1.82) is 0 Å². The van der Waals surface area contributed by atoms with Gasteiger partial charge in [-0.15, -0.1) is 0 Å². The summed E-state index contributed by atoms with van der Waals surface area (Å²) in [7, 11) is 1.93. The Kier molecular flexibility index (Phi) is 4.04. The summed E-state index contributed by atoms with van der Waals surface area (Å²) in [4.78, 5) is 9.52. The molecule has 1 aromatic heterocycles. The molecule has 3 rings (SSSR count). The van der Waals surface area contributed by atoms with Crippen molar-refractivity contribution in [2.24, 2.45) is 0 Å². The molecular weight excluding hydrogens is 262 g/mol. The summed E-state index contributed by atoms with van der Waals surface area (Å²) < 4.78 is 5.71. The number of fused-ring (bicyclic) bond motifs is 1. The number of para-hydroxylation sites is 1. The van der Waals surface area contributed by atoms with E-state index in [1.807, 2.05) is 38.2 Å². The van der Waals surface area contributed by atoms with Crippen molar-refractivity contribution in [1.82, 2.24) is 9.97 Å². The maximum absolute atomic E-state index is 5.71. The van der Waals surface area contributed by atoms with E-state index in [2.05, 4.69) is 5.32 Å². The van der Waals surface area contributed by atoms with Crippen molar-refractivity contribution in [2.45, 2.75) is 32.6 Å². The highest BCUT2D eigenvalue weighted by Crippen LogP contribution is 2.32. The van der Waals surface area contributed by atoms with Gasteiger partial charge in [-0.05, 0) is 44.7 Å². The minimum Gasteiger partial charge on any atom is -0.493 e. The number of hydrogen-bond donors (Lipinski definition) is 1. The molecule has 0 saturated heterocycles. The van der Waals surface area contributed by atoms with Crippen LogP contribution in [-0.4, -0.2) is 23.6 Å². The topological polar surface area (TPSA) is 47.0 Å². The quantitative estimate of drug-likeness (QED) is 0.933. The van der Waals surface area contributed by atoms with E-state index >= 15 is 0 Å². The summed E-state index contributed by atoms with van der Waals surface area (Å²) in [6, 6.07) is 7.97. The van der Waals surface area contributed by atoms with Gasteiger partial charge >= 0.3 is 0 Å². The first-order valence-corrected chi connectivity index (χ1v) is 7.63. The third kappa shape index (κ3) is 2.71. The van der Waals surface area contributed by atoms with Crippen LogP contribution in [0.2, 0.25) is 0 Å². The molecule has 1 aromatic carbocycles. The van der Waals surface area contributed by atoms with Crippen molar-refractivity contribution in [3.05, 3.63) is 35.5 Å². The SMILES string of the molecule is CCOc1ccccc1-c1nc2c(c(NC)n1)CCCC2. The van der Waals surface area contributed by atoms with Crippen LogP contribution in [0.4, 0.5) is 5.82 Å². The average molecular weight is 283 g/mol. The van der Waals surface area contributed by atoms with Crippen LogP contribution >= 0.6 is 0 Å². The van der Waals surface area contributed by atoms with Crippen LogP contribution < -0.4 is 10.1 Å². The number of benzene rings is 1. The van der Waals surface area contributed by atoms with E-state index in [1.165, 1.54) is 24.1 Å². The number of nitrogens with zero attached hydrogens (tertiary/aromatic N) is 2. The lowest BCUT2D eigenvalue weighted by molar-refractivity contribution is 0.341. The van der Waals surface area contributed by atoms with Gasteiger partial charge in [0.2, 0.25) is 0 Å². The van der Waals surface area contributed by atoms with Crippen LogP contribution in [0.15, 0.2) is 24.3 Å². The summed E-state index contributed by atoms with van der Waals surface area (Å²) >= 11 is 0. The van der Waals surface area contributed by atoms with Crippen LogP contribution in [0, 0.1) is 0 Å². The molecule has 4 nitrogen and oxygen atoms in total. The molecular formula is C17H21N3O. The Bertz CT molecular complexity index is 623. The number of aromatic nitrogens is 2. The molecule has 0 saturated carbocycles. The highest BCUT2D eigenvalue weighted by molar-refractivity contribution is 5.66. The fourth-order valence-electron chi connectivity index (χ4n) is 2.85. The van der Waals surface area contributed by atoms with E-state index in [-0.39, 0.29) is 0 Å². The molecule has 2 aromatic rings. The first-order valence-electron chi connectivity index (χ1n) is 7.63. The Morgan fingerprint density at radius 3 is 2.76 bits per heavy atom. The fraction of sp³-hybridized carbons (Fsp3) is 0.412. The smallest absolute Gasteiger partial charge is 0.165 e. The number of aryl methyl sites for hydroxylation is 1. The highest BCUT2D eigenvalue weighted by atomic mass is 16.5. The minimum absolute atomic E-state index is 0.640. The van der Waals surface area contributed by atoms with Gasteiger partial charge in [0.15, 0.2) is 5.82 Å². The predicted molar refractivity (Wildman–Crippen MR) is 84.8 cm³/mol. The third-order valence-electron chi connectivity index (χ3n) is 3.85. The van der Waals surface area contributed by atoms with Gasteiger partial charge in [-0.1, -0.05) is 12.1 Å². The largest absolute Gasteiger partial charge is 0.493 e. The molecule has 1 heterocycles. The average Bonchev–Trinajstić information content (AvgIpc) is 2.54. The van der Waals surface area contributed by atoms with Gasteiger partial charge in [-0.25, -0.2) is 9.97 Å². The van der Waals surface area contributed by atoms with Gasteiger partial charge in [0, 0.05) is 18.3 Å². The second-order valence-electron chi connectivity index (χ2n) is 5.21. The summed E-state index contributed by atoms with van der Waals surface area (Å²) in [6.07, 6.45) is 4.54. The Hall–Kier alpha value is -2.10. The van der Waals surface area contributed by atoms with E-state index in [0.717, 1.165) is 35.8 Å². The molecule has 21 heavy (non-hydrogen) atoms. The summed E-state index contributed by atoms with van der Waals surface area (Å²) in [6.45, 7) is 2.63. The maximum Gasteiger partial charge on any atom is 0.165 e. The van der Waals surface area contributed by atoms with Gasteiger partial charge in [-0.2, -0.15) is 0 Å². The van der Waals surface area contributed by atoms with Crippen LogP contribution in [0.3, 0.4) is 0 Å². The van der Waals surface area contributed by atoms with E-state index in [9.17, 15) is 0 Å². The fourth-order valence-corrected chi connectivity index (χ4v) is 2.85. The van der Waals surface area contributed by atoms with E-state index in [4.69, 9.17) is 14.7 Å². The first kappa shape index (κ1) is 13.9. The molecule has 0 radical (unpaired) electrons. The summed E-state index contributed by atoms with van der Waals surface area (Å²) in [5, 5.41) is 3.22. The van der Waals surface area contributed by atoms with Gasteiger partial charge in [0.05, 0.1) is 12.2 Å². The standard InChI is InChI=1S/C17H21N3O/c1-3-21-15-11-7-5-9-13(15)17-19-14-10-6-4-8-12(14)16(18-2)20-17/h5,7,9,11H,3-4,6,8,10H2,1-2H3,(H,18,19,20). The van der Waals surface area contributed by atoms with Gasteiger partial charge in [0.1, 0.15) is 11.6 Å². The predicted octanol–water partition coefficient (Wildman–Crippen LogP) is 3.46. The zero-order valence-electron chi connectivity index (χ0n) is 12.6. The third-order valence-corrected chi connectivity index (χ3v) is 3.85. The lowest BCUT2D eigenvalue weighted by atomic mass is 9.96. The summed E-state index contributed by atoms with van der Waals surface area (Å²) in [5.74, 6) is 2.56. The second-order valence-corrected chi connectivity index (χ2v) is 5.21. The molecule has 1 N–H and O–H groups in total. The Morgan fingerprint density at radius 2 is 1.95 bits per heavy atom. The van der Waals surface area contributed by atoms with Crippen LogP contribution in [0.25, 0.3) is 11.4 Å². The lowest BCUT2D eigenvalue weighted by Gasteiger charge is -2.19. The molecule has 110 valence electrons. The number of hydrogen-bond acceptors (Lipinski definition) is 4. The number of rotatable bonds is 4. The molecule has 0 bridgehead atoms. The minimum atomic E-state index is 0.640. The summed E-state index contributed by atoms with van der Waals surface area (Å²) in [5.41, 5.74) is 3.42. The lowest BCUT2D eigenvalue weighted by Crippen LogP contribution is -2.12. The first-order chi connectivity index (χ1) is 10.3. The van der Waals surface area contributed by atoms with Crippen molar-refractivity contribution in [3.8, 4) is 17.1 Å². The molecule has 1 aliphatic carbocycles. The van der Waals surface area contributed by atoms with E-state index in [1.54, 1.807) is 0 Å². The Labute approximate surface area is 125 Å². The van der Waals surface area contributed by atoms with Crippen LogP contribution in [-0.2, 0) is 12.8 Å². The number of ether oxygens (including phenoxy) is 1. The van der Waals surface area contributed by atoms with Crippen LogP contribution in [0.1, 0.15) is 31.0 Å². The number of nitrogens with one attached hydrogen (secondary N) is 1. The molecule has 0 aliphatic heterocycles. The number of anilines is 1. The monoisotopic (exact) mass is 283 g/mol. The van der Waals surface area contributed by atoms with Gasteiger partial charge in [0.25, 0.3) is 0 Å². The second kappa shape index (κ2) is 6.12. The molecule has 1 aliphatic rings.